The Bertz CT molecular complexity index is 576. The summed E-state index contributed by atoms with van der Waals surface area (Å²) < 4.78 is 0. The summed E-state index contributed by atoms with van der Waals surface area (Å²) in [5.41, 5.74) is -1.45. The molecule has 4 aliphatic carbocycles. The summed E-state index contributed by atoms with van der Waals surface area (Å²) in [6.07, 6.45) is 6.07. The van der Waals surface area contributed by atoms with Crippen molar-refractivity contribution in [3.8, 4) is 0 Å². The molecule has 0 aromatic carbocycles. The van der Waals surface area contributed by atoms with Crippen LogP contribution in [0.4, 0.5) is 0 Å². The third-order valence-electron chi connectivity index (χ3n) is 9.39. The van der Waals surface area contributed by atoms with Crippen LogP contribution in [0.3, 0.4) is 0 Å². The number of carbonyl (C=O) groups excluding carboxylic acids is 1. The van der Waals surface area contributed by atoms with E-state index in [1.807, 2.05) is 0 Å². The Morgan fingerprint density at radius 3 is 2.28 bits per heavy atom. The number of hydrogen-bond acceptors (Lipinski definition) is 4. The summed E-state index contributed by atoms with van der Waals surface area (Å²) in [4.78, 5) is 12.3. The van der Waals surface area contributed by atoms with Gasteiger partial charge in [-0.1, -0.05) is 13.8 Å². The van der Waals surface area contributed by atoms with Crippen molar-refractivity contribution in [2.75, 3.05) is 0 Å². The molecule has 0 spiro atoms. The zero-order chi connectivity index (χ0) is 18.2. The highest BCUT2D eigenvalue weighted by atomic mass is 16.3. The van der Waals surface area contributed by atoms with Crippen LogP contribution >= 0.6 is 0 Å². The fourth-order valence-corrected chi connectivity index (χ4v) is 7.87. The van der Waals surface area contributed by atoms with Crippen molar-refractivity contribution in [3.05, 3.63) is 0 Å². The Labute approximate surface area is 151 Å². The Kier molecular flexibility index (Phi) is 3.97. The molecule has 142 valence electrons. The van der Waals surface area contributed by atoms with Crippen LogP contribution in [0.15, 0.2) is 0 Å². The topological polar surface area (TPSA) is 77.8 Å². The predicted molar refractivity (Wildman–Crippen MR) is 94.8 cm³/mol. The molecule has 0 aliphatic heterocycles. The number of hydrogen-bond donors (Lipinski definition) is 3. The van der Waals surface area contributed by atoms with Gasteiger partial charge in [-0.05, 0) is 87.4 Å². The number of carbonyl (C=O) groups is 1. The first-order chi connectivity index (χ1) is 11.6. The minimum atomic E-state index is -1.19. The first-order valence-corrected chi connectivity index (χ1v) is 10.2. The van der Waals surface area contributed by atoms with Gasteiger partial charge in [0, 0.05) is 5.41 Å². The van der Waals surface area contributed by atoms with Crippen molar-refractivity contribution >= 4 is 5.78 Å². The lowest BCUT2D eigenvalue weighted by atomic mass is 9.43. The van der Waals surface area contributed by atoms with Crippen LogP contribution in [-0.4, -0.2) is 38.9 Å². The van der Waals surface area contributed by atoms with E-state index in [-0.39, 0.29) is 34.7 Å². The molecule has 0 bridgehead atoms. The zero-order valence-electron chi connectivity index (χ0n) is 15.9. The number of rotatable bonds is 1. The average Bonchev–Trinajstić information content (AvgIpc) is 2.83. The van der Waals surface area contributed by atoms with Crippen LogP contribution in [0.25, 0.3) is 0 Å². The fraction of sp³-hybridized carbons (Fsp3) is 0.952. The van der Waals surface area contributed by atoms with E-state index in [0.717, 1.165) is 44.9 Å². The molecular weight excluding hydrogens is 316 g/mol. The van der Waals surface area contributed by atoms with Gasteiger partial charge >= 0.3 is 0 Å². The zero-order valence-corrected chi connectivity index (χ0v) is 15.9. The number of aliphatic hydroxyl groups excluding tert-OH is 2. The van der Waals surface area contributed by atoms with Crippen LogP contribution in [0.1, 0.15) is 72.1 Å². The second-order valence-electron chi connectivity index (χ2n) is 10.1. The van der Waals surface area contributed by atoms with E-state index in [2.05, 4.69) is 13.8 Å². The van der Waals surface area contributed by atoms with Gasteiger partial charge in [0.2, 0.25) is 0 Å². The minimum absolute atomic E-state index is 0.0832. The van der Waals surface area contributed by atoms with Gasteiger partial charge in [-0.15, -0.1) is 0 Å². The Morgan fingerprint density at radius 1 is 0.920 bits per heavy atom. The molecule has 4 saturated carbocycles. The highest BCUT2D eigenvalue weighted by Gasteiger charge is 2.67. The van der Waals surface area contributed by atoms with Gasteiger partial charge in [-0.3, -0.25) is 4.79 Å². The van der Waals surface area contributed by atoms with Gasteiger partial charge in [-0.2, -0.15) is 0 Å². The summed E-state index contributed by atoms with van der Waals surface area (Å²) in [6.45, 7) is 5.99. The van der Waals surface area contributed by atoms with Gasteiger partial charge in [0.25, 0.3) is 0 Å². The third kappa shape index (κ3) is 2.20. The smallest absolute Gasteiger partial charge is 0.161 e. The maximum atomic E-state index is 12.3. The molecule has 0 heterocycles. The van der Waals surface area contributed by atoms with E-state index in [1.165, 1.54) is 6.92 Å². The van der Waals surface area contributed by atoms with Crippen molar-refractivity contribution in [3.63, 3.8) is 0 Å². The molecule has 0 saturated heterocycles. The van der Waals surface area contributed by atoms with Crippen molar-refractivity contribution < 1.29 is 20.1 Å². The Balaban J connectivity index is 1.68. The van der Waals surface area contributed by atoms with E-state index < -0.39 is 5.60 Å². The van der Waals surface area contributed by atoms with E-state index in [0.29, 0.717) is 24.2 Å². The number of aliphatic hydroxyl groups is 3. The van der Waals surface area contributed by atoms with Crippen LogP contribution in [-0.2, 0) is 4.79 Å². The van der Waals surface area contributed by atoms with E-state index >= 15 is 0 Å². The number of ketones is 1. The largest absolute Gasteiger partial charge is 0.393 e. The molecule has 0 radical (unpaired) electrons. The third-order valence-corrected chi connectivity index (χ3v) is 9.39. The second-order valence-corrected chi connectivity index (χ2v) is 10.1. The van der Waals surface area contributed by atoms with Crippen molar-refractivity contribution in [2.45, 2.75) is 89.9 Å². The highest BCUT2D eigenvalue weighted by molar-refractivity contribution is 5.86. The lowest BCUT2D eigenvalue weighted by Gasteiger charge is -2.62. The summed E-state index contributed by atoms with van der Waals surface area (Å²) in [7, 11) is 0. The standard InChI is InChI=1S/C21H34O4/c1-12(22)21(25)9-6-16-14-11-18(24)17-10-13(23)4-7-19(17,2)15(14)5-8-20(16,21)3/h13-18,23-25H,4-11H2,1-3H3. The summed E-state index contributed by atoms with van der Waals surface area (Å²) in [6, 6.07) is 0. The lowest BCUT2D eigenvalue weighted by Crippen LogP contribution is -2.61. The maximum absolute atomic E-state index is 12.3. The quantitative estimate of drug-likeness (QED) is 0.679. The fourth-order valence-electron chi connectivity index (χ4n) is 7.87. The van der Waals surface area contributed by atoms with Gasteiger partial charge in [0.05, 0.1) is 12.2 Å². The van der Waals surface area contributed by atoms with Gasteiger partial charge in [0.1, 0.15) is 5.60 Å². The lowest BCUT2D eigenvalue weighted by molar-refractivity contribution is -0.189. The molecule has 9 atom stereocenters. The van der Waals surface area contributed by atoms with Crippen molar-refractivity contribution in [1.82, 2.24) is 0 Å². The molecule has 4 rings (SSSR count). The van der Waals surface area contributed by atoms with Crippen LogP contribution in [0.5, 0.6) is 0 Å². The Hall–Kier alpha value is -0.450. The minimum Gasteiger partial charge on any atom is -0.393 e. The predicted octanol–water partition coefficient (Wildman–Crippen LogP) is 2.68. The van der Waals surface area contributed by atoms with E-state index in [9.17, 15) is 20.1 Å². The van der Waals surface area contributed by atoms with Crippen LogP contribution in [0, 0.1) is 34.5 Å². The normalized spacial score (nSPS) is 58.2. The molecule has 4 fully saturated rings. The van der Waals surface area contributed by atoms with Crippen molar-refractivity contribution in [2.24, 2.45) is 34.5 Å². The number of Topliss-reactive ketones (excluding diaryl/α,β-unsaturated/α-hetero) is 1. The molecule has 4 heteroatoms. The maximum Gasteiger partial charge on any atom is 0.161 e. The molecule has 9 unspecified atom stereocenters. The first-order valence-electron chi connectivity index (χ1n) is 10.2. The second kappa shape index (κ2) is 5.53. The SMILES string of the molecule is CC(=O)C1(O)CCC2C3CC(O)C4CC(O)CCC4(C)C3CCC21C. The Morgan fingerprint density at radius 2 is 1.60 bits per heavy atom. The van der Waals surface area contributed by atoms with Crippen LogP contribution < -0.4 is 0 Å². The van der Waals surface area contributed by atoms with E-state index in [4.69, 9.17) is 0 Å². The average molecular weight is 350 g/mol. The molecular formula is C21H34O4. The molecule has 0 aromatic rings. The molecule has 4 nitrogen and oxygen atoms in total. The highest BCUT2D eigenvalue weighted by Crippen LogP contribution is 2.68. The molecule has 0 amide bonds. The summed E-state index contributed by atoms with van der Waals surface area (Å²) in [5.74, 6) is 1.35. The molecule has 0 aromatic heterocycles. The van der Waals surface area contributed by atoms with Crippen LogP contribution in [0.2, 0.25) is 0 Å². The van der Waals surface area contributed by atoms with E-state index in [1.54, 1.807) is 0 Å². The monoisotopic (exact) mass is 350 g/mol. The number of fused-ring (bicyclic) bond motifs is 5. The summed E-state index contributed by atoms with van der Waals surface area (Å²) >= 11 is 0. The van der Waals surface area contributed by atoms with Crippen molar-refractivity contribution in [1.29, 1.82) is 0 Å². The molecule has 4 aliphatic rings. The molecule has 25 heavy (non-hydrogen) atoms. The first kappa shape index (κ1) is 17.9. The summed E-state index contributed by atoms with van der Waals surface area (Å²) in [5, 5.41) is 32.2. The van der Waals surface area contributed by atoms with Gasteiger partial charge in [-0.25, -0.2) is 0 Å². The van der Waals surface area contributed by atoms with Gasteiger partial charge in [0.15, 0.2) is 5.78 Å². The molecule has 3 N–H and O–H groups in total. The van der Waals surface area contributed by atoms with Gasteiger partial charge < -0.3 is 15.3 Å².